The topological polar surface area (TPSA) is 91.4 Å². The molecule has 2 aliphatic heterocycles. The van der Waals surface area contributed by atoms with Crippen LogP contribution in [-0.2, 0) is 4.79 Å². The van der Waals surface area contributed by atoms with Crippen LogP contribution in [-0.4, -0.2) is 74.5 Å². The molecule has 2 aliphatic rings. The van der Waals surface area contributed by atoms with Crippen LogP contribution >= 0.6 is 0 Å². The SMILES string of the molecule is COc1ccc([C@@H](CCCNC(=O)C(C)C)N2C(=O)c3cccc(N4CCN([C@H](C)c5ccccc5)CC4)c3C2=O)cc1OC. The number of nitrogens with zero attached hydrogens (tertiary/aromatic N) is 3. The Balaban J connectivity index is 1.39. The van der Waals surface area contributed by atoms with E-state index in [2.05, 4.69) is 46.3 Å². The highest BCUT2D eigenvalue weighted by molar-refractivity contribution is 6.24. The number of piperazine rings is 1. The molecule has 5 rings (SSSR count). The van der Waals surface area contributed by atoms with E-state index in [1.165, 1.54) is 10.5 Å². The molecule has 3 aromatic rings. The van der Waals surface area contributed by atoms with E-state index in [1.54, 1.807) is 26.4 Å². The van der Waals surface area contributed by atoms with Crippen LogP contribution in [0, 0.1) is 5.92 Å². The number of carbonyl (C=O) groups is 3. The fourth-order valence-corrected chi connectivity index (χ4v) is 6.34. The molecule has 1 saturated heterocycles. The van der Waals surface area contributed by atoms with Gasteiger partial charge >= 0.3 is 0 Å². The van der Waals surface area contributed by atoms with Crippen LogP contribution in [0.15, 0.2) is 66.7 Å². The fourth-order valence-electron chi connectivity index (χ4n) is 6.34. The van der Waals surface area contributed by atoms with Gasteiger partial charge in [-0.1, -0.05) is 56.3 Å². The number of hydrogen-bond acceptors (Lipinski definition) is 7. The summed E-state index contributed by atoms with van der Waals surface area (Å²) >= 11 is 0. The van der Waals surface area contributed by atoms with E-state index in [1.807, 2.05) is 44.2 Å². The van der Waals surface area contributed by atoms with Gasteiger partial charge in [-0.25, -0.2) is 0 Å². The van der Waals surface area contributed by atoms with Gasteiger partial charge in [0.1, 0.15) is 0 Å². The lowest BCUT2D eigenvalue weighted by molar-refractivity contribution is -0.124. The average Bonchev–Trinajstić information content (AvgIpc) is 3.33. The third-order valence-corrected chi connectivity index (χ3v) is 8.99. The molecular formula is C36H44N4O5. The lowest BCUT2D eigenvalue weighted by Gasteiger charge is -2.39. The molecular weight excluding hydrogens is 568 g/mol. The van der Waals surface area contributed by atoms with Crippen LogP contribution in [0.5, 0.6) is 11.5 Å². The predicted molar refractivity (Wildman–Crippen MR) is 175 cm³/mol. The molecule has 9 nitrogen and oxygen atoms in total. The minimum atomic E-state index is -0.551. The molecule has 0 spiro atoms. The molecule has 0 saturated carbocycles. The van der Waals surface area contributed by atoms with Crippen molar-refractivity contribution in [1.29, 1.82) is 0 Å². The summed E-state index contributed by atoms with van der Waals surface area (Å²) in [7, 11) is 3.13. The minimum Gasteiger partial charge on any atom is -0.493 e. The lowest BCUT2D eigenvalue weighted by Crippen LogP contribution is -2.47. The van der Waals surface area contributed by atoms with E-state index in [4.69, 9.17) is 9.47 Å². The number of anilines is 1. The predicted octanol–water partition coefficient (Wildman–Crippen LogP) is 5.48. The zero-order valence-corrected chi connectivity index (χ0v) is 26.9. The van der Waals surface area contributed by atoms with Gasteiger partial charge in [-0.2, -0.15) is 0 Å². The second-order valence-corrected chi connectivity index (χ2v) is 12.0. The maximum absolute atomic E-state index is 14.3. The van der Waals surface area contributed by atoms with E-state index < -0.39 is 6.04 Å². The minimum absolute atomic E-state index is 0.0266. The number of ether oxygens (including phenoxy) is 2. The Labute approximate surface area is 266 Å². The van der Waals surface area contributed by atoms with Crippen LogP contribution in [0.3, 0.4) is 0 Å². The van der Waals surface area contributed by atoms with Gasteiger partial charge in [0.2, 0.25) is 5.91 Å². The Morgan fingerprint density at radius 2 is 1.53 bits per heavy atom. The summed E-state index contributed by atoms with van der Waals surface area (Å²) in [6.45, 7) is 9.58. The smallest absolute Gasteiger partial charge is 0.264 e. The number of imide groups is 1. The molecule has 238 valence electrons. The number of amides is 3. The number of methoxy groups -OCH3 is 2. The summed E-state index contributed by atoms with van der Waals surface area (Å²) in [6, 6.07) is 21.3. The van der Waals surface area contributed by atoms with Crippen LogP contribution < -0.4 is 19.7 Å². The van der Waals surface area contributed by atoms with Crippen molar-refractivity contribution < 1.29 is 23.9 Å². The molecule has 1 fully saturated rings. The van der Waals surface area contributed by atoms with Crippen molar-refractivity contribution in [2.24, 2.45) is 5.92 Å². The number of hydrogen-bond donors (Lipinski definition) is 1. The molecule has 9 heteroatoms. The monoisotopic (exact) mass is 612 g/mol. The molecule has 2 heterocycles. The van der Waals surface area contributed by atoms with Crippen LogP contribution in [0.1, 0.15) is 77.5 Å². The number of rotatable bonds is 12. The van der Waals surface area contributed by atoms with E-state index in [9.17, 15) is 14.4 Å². The summed E-state index contributed by atoms with van der Waals surface area (Å²) in [5.74, 6) is 0.337. The first-order valence-electron chi connectivity index (χ1n) is 15.8. The van der Waals surface area contributed by atoms with Gasteiger partial charge in [-0.15, -0.1) is 0 Å². The highest BCUT2D eigenvalue weighted by atomic mass is 16.5. The Hall–Kier alpha value is -4.37. The number of nitrogens with one attached hydrogen (secondary N) is 1. The Kier molecular flexibility index (Phi) is 10.1. The summed E-state index contributed by atoms with van der Waals surface area (Å²) in [4.78, 5) is 46.6. The van der Waals surface area contributed by atoms with Crippen LogP contribution in [0.4, 0.5) is 5.69 Å². The lowest BCUT2D eigenvalue weighted by atomic mass is 9.99. The second kappa shape index (κ2) is 14.2. The first-order chi connectivity index (χ1) is 21.7. The van der Waals surface area contributed by atoms with Gasteiger partial charge in [0.25, 0.3) is 11.8 Å². The van der Waals surface area contributed by atoms with Crippen molar-refractivity contribution in [3.63, 3.8) is 0 Å². The van der Waals surface area contributed by atoms with Gasteiger partial charge in [0.15, 0.2) is 11.5 Å². The molecule has 1 N–H and O–H groups in total. The first kappa shape index (κ1) is 32.0. The van der Waals surface area contributed by atoms with Crippen LogP contribution in [0.2, 0.25) is 0 Å². The van der Waals surface area contributed by atoms with Gasteiger partial charge in [-0.05, 0) is 55.2 Å². The maximum atomic E-state index is 14.3. The van der Waals surface area contributed by atoms with E-state index in [0.717, 1.165) is 37.4 Å². The first-order valence-corrected chi connectivity index (χ1v) is 15.8. The van der Waals surface area contributed by atoms with E-state index in [0.29, 0.717) is 48.1 Å². The molecule has 2 atom stereocenters. The molecule has 45 heavy (non-hydrogen) atoms. The molecule has 0 bridgehead atoms. The number of carbonyl (C=O) groups excluding carboxylic acids is 3. The summed E-state index contributed by atoms with van der Waals surface area (Å²) < 4.78 is 11.0. The largest absolute Gasteiger partial charge is 0.493 e. The number of fused-ring (bicyclic) bond motifs is 1. The van der Waals surface area contributed by atoms with Crippen molar-refractivity contribution in [2.45, 2.75) is 45.7 Å². The summed E-state index contributed by atoms with van der Waals surface area (Å²) in [6.07, 6.45) is 1.06. The molecule has 3 amide bonds. The van der Waals surface area contributed by atoms with Crippen molar-refractivity contribution in [3.05, 3.63) is 89.0 Å². The Morgan fingerprint density at radius 1 is 0.822 bits per heavy atom. The van der Waals surface area contributed by atoms with Crippen LogP contribution in [0.25, 0.3) is 0 Å². The van der Waals surface area contributed by atoms with E-state index >= 15 is 0 Å². The standard InChI is InChI=1S/C36H44N4O5/c1-24(2)34(41)37-18-10-15-29(27-16-17-31(44-4)32(23-27)45-5)40-35(42)28-13-9-14-30(33(28)36(40)43)39-21-19-38(20-22-39)25(3)26-11-7-6-8-12-26/h6-9,11-14,16-17,23-25,29H,10,15,18-22H2,1-5H3,(H,37,41)/t25-,29-/m1/s1. The van der Waals surface area contributed by atoms with Gasteiger partial charge < -0.3 is 19.7 Å². The molecule has 0 aliphatic carbocycles. The highest BCUT2D eigenvalue weighted by Gasteiger charge is 2.43. The van der Waals surface area contributed by atoms with Crippen molar-refractivity contribution in [1.82, 2.24) is 15.1 Å². The highest BCUT2D eigenvalue weighted by Crippen LogP contribution is 2.40. The zero-order valence-electron chi connectivity index (χ0n) is 26.9. The summed E-state index contributed by atoms with van der Waals surface area (Å²) in [5, 5.41) is 2.95. The molecule has 0 aromatic heterocycles. The number of benzene rings is 3. The quantitative estimate of drug-likeness (QED) is 0.214. The Bertz CT molecular complexity index is 1520. The maximum Gasteiger partial charge on any atom is 0.264 e. The molecule has 0 unspecified atom stereocenters. The van der Waals surface area contributed by atoms with Gasteiger partial charge in [0, 0.05) is 44.7 Å². The normalized spacial score (nSPS) is 16.5. The third kappa shape index (κ3) is 6.68. The second-order valence-electron chi connectivity index (χ2n) is 12.0. The van der Waals surface area contributed by atoms with Crippen molar-refractivity contribution >= 4 is 23.4 Å². The summed E-state index contributed by atoms with van der Waals surface area (Å²) in [5.41, 5.74) is 3.74. The molecule has 3 aromatic carbocycles. The Morgan fingerprint density at radius 3 is 2.20 bits per heavy atom. The van der Waals surface area contributed by atoms with Gasteiger partial charge in [0.05, 0.1) is 37.1 Å². The van der Waals surface area contributed by atoms with Crippen molar-refractivity contribution in [2.75, 3.05) is 51.8 Å². The third-order valence-electron chi connectivity index (χ3n) is 8.99. The average molecular weight is 613 g/mol. The van der Waals surface area contributed by atoms with E-state index in [-0.39, 0.29) is 23.6 Å². The molecule has 0 radical (unpaired) electrons. The van der Waals surface area contributed by atoms with Gasteiger partial charge in [-0.3, -0.25) is 24.2 Å². The zero-order chi connectivity index (χ0) is 32.1. The van der Waals surface area contributed by atoms with Crippen molar-refractivity contribution in [3.8, 4) is 11.5 Å². The fraction of sp³-hybridized carbons (Fsp3) is 0.417.